The smallest absolute Gasteiger partial charge is 0.407 e. The first-order valence-corrected chi connectivity index (χ1v) is 23.4. The fourth-order valence-corrected chi connectivity index (χ4v) is 10.6. The molecular formula is C50H67N9O6. The lowest BCUT2D eigenvalue weighted by molar-refractivity contribution is -0.136. The van der Waals surface area contributed by atoms with Gasteiger partial charge in [0.25, 0.3) is 0 Å². The summed E-state index contributed by atoms with van der Waals surface area (Å²) in [4.78, 5) is 70.6. The Kier molecular flexibility index (Phi) is 13.0. The molecule has 3 aromatic carbocycles. The van der Waals surface area contributed by atoms with E-state index < -0.39 is 24.3 Å². The molecule has 348 valence electrons. The van der Waals surface area contributed by atoms with Crippen LogP contribution in [0.5, 0.6) is 0 Å². The number of amides is 4. The number of ether oxygens (including phenoxy) is 2. The summed E-state index contributed by atoms with van der Waals surface area (Å²) < 4.78 is 9.78. The number of benzene rings is 3. The summed E-state index contributed by atoms with van der Waals surface area (Å²) in [6.07, 6.45) is 3.47. The first-order chi connectivity index (χ1) is 31.1. The molecule has 4 aliphatic rings. The molecular weight excluding hydrogens is 823 g/mol. The Hall–Kier alpha value is -5.99. The number of hydrogen-bond acceptors (Lipinski definition) is 10. The molecule has 0 bridgehead atoms. The van der Waals surface area contributed by atoms with Gasteiger partial charge in [-0.15, -0.1) is 0 Å². The van der Waals surface area contributed by atoms with Crippen molar-refractivity contribution in [3.63, 3.8) is 0 Å². The number of fused-ring (bicyclic) bond motifs is 2. The highest BCUT2D eigenvalue weighted by Gasteiger charge is 2.49. The van der Waals surface area contributed by atoms with Crippen LogP contribution in [0.2, 0.25) is 0 Å². The number of hydrogen-bond donors (Lipinski definition) is 4. The highest BCUT2D eigenvalue weighted by atomic mass is 16.5. The molecule has 8 rings (SSSR count). The summed E-state index contributed by atoms with van der Waals surface area (Å²) in [5.41, 5.74) is 7.37. The van der Waals surface area contributed by atoms with Crippen LogP contribution < -0.4 is 25.8 Å². The Bertz CT molecular complexity index is 2380. The third-order valence-corrected chi connectivity index (χ3v) is 14.0. The topological polar surface area (TPSA) is 164 Å². The second kappa shape index (κ2) is 18.5. The lowest BCUT2D eigenvalue weighted by atomic mass is 9.87. The number of methoxy groups -OCH3 is 2. The molecule has 0 aliphatic carbocycles. The van der Waals surface area contributed by atoms with E-state index in [9.17, 15) is 19.2 Å². The Morgan fingerprint density at radius 3 is 2.02 bits per heavy atom. The summed E-state index contributed by atoms with van der Waals surface area (Å²) in [5.74, 6) is 0.237. The van der Waals surface area contributed by atoms with E-state index in [1.54, 1.807) is 0 Å². The minimum absolute atomic E-state index is 0.00157. The number of aromatic nitrogens is 2. The number of imidazole rings is 1. The van der Waals surface area contributed by atoms with Gasteiger partial charge in [-0.3, -0.25) is 9.59 Å². The number of carbonyl (C=O) groups is 4. The summed E-state index contributed by atoms with van der Waals surface area (Å²) in [7, 11) is 2.62. The number of aromatic amines is 1. The molecule has 3 fully saturated rings. The number of nitrogens with zero attached hydrogens (tertiary/aromatic N) is 5. The van der Waals surface area contributed by atoms with Gasteiger partial charge in [0.2, 0.25) is 11.8 Å². The molecule has 5 heterocycles. The standard InChI is InChI=1S/C50H67N9O6/c1-29(2)42(54-48(62)64-8)46(60)56-26-12-16-39(56)44-51-34-23-18-31(28-36(34)52-44)37-24-25-41(58(37)33-21-19-32(20-22-33)50(5,6)7)59-38-15-11-10-14-35(38)53-45(59)40-17-13-27-57(40)47(61)43(30(3)4)55-49(63)65-9/h10-11,14-15,18-23,28-30,37,39-43,45,53H,12-13,16-17,24-27H2,1-9H3,(H,51,52)(H,54,62)(H,55,63)/t37-,39+,40+,41-,42+,43+,45?/m1/s1. The number of carbonyl (C=O) groups excluding carboxylic acids is 4. The normalized spacial score (nSPS) is 22.9. The highest BCUT2D eigenvalue weighted by molar-refractivity contribution is 5.88. The molecule has 3 saturated heterocycles. The van der Waals surface area contributed by atoms with E-state index in [0.29, 0.717) is 13.1 Å². The molecule has 4 N–H and O–H groups in total. The van der Waals surface area contributed by atoms with Gasteiger partial charge in [-0.1, -0.05) is 78.8 Å². The molecule has 15 heteroatoms. The summed E-state index contributed by atoms with van der Waals surface area (Å²) in [6.45, 7) is 15.6. The lowest BCUT2D eigenvalue weighted by Gasteiger charge is -2.44. The molecule has 1 unspecified atom stereocenters. The van der Waals surface area contributed by atoms with Crippen molar-refractivity contribution >= 4 is 52.1 Å². The number of likely N-dealkylation sites (tertiary alicyclic amines) is 2. The van der Waals surface area contributed by atoms with Crippen LogP contribution in [0.4, 0.5) is 26.7 Å². The lowest BCUT2D eigenvalue weighted by Crippen LogP contribution is -2.60. The molecule has 65 heavy (non-hydrogen) atoms. The van der Waals surface area contributed by atoms with Gasteiger partial charge in [-0.2, -0.15) is 0 Å². The van der Waals surface area contributed by atoms with Crippen molar-refractivity contribution in [1.29, 1.82) is 0 Å². The monoisotopic (exact) mass is 890 g/mol. The largest absolute Gasteiger partial charge is 0.453 e. The van der Waals surface area contributed by atoms with Crippen molar-refractivity contribution in [2.75, 3.05) is 42.4 Å². The number of alkyl carbamates (subject to hydrolysis) is 2. The Balaban J connectivity index is 1.14. The zero-order chi connectivity index (χ0) is 46.3. The van der Waals surface area contributed by atoms with Crippen LogP contribution in [-0.2, 0) is 24.5 Å². The van der Waals surface area contributed by atoms with E-state index in [4.69, 9.17) is 14.5 Å². The molecule has 7 atom stereocenters. The van der Waals surface area contributed by atoms with Crippen molar-refractivity contribution in [3.8, 4) is 0 Å². The maximum atomic E-state index is 14.4. The molecule has 0 radical (unpaired) electrons. The van der Waals surface area contributed by atoms with E-state index in [2.05, 4.69) is 118 Å². The van der Waals surface area contributed by atoms with E-state index in [1.165, 1.54) is 19.8 Å². The predicted octanol–water partition coefficient (Wildman–Crippen LogP) is 8.20. The van der Waals surface area contributed by atoms with Crippen molar-refractivity contribution in [2.24, 2.45) is 11.8 Å². The Morgan fingerprint density at radius 1 is 0.738 bits per heavy atom. The summed E-state index contributed by atoms with van der Waals surface area (Å²) >= 11 is 0. The third-order valence-electron chi connectivity index (χ3n) is 14.0. The van der Waals surface area contributed by atoms with Gasteiger partial charge in [-0.05, 0) is 103 Å². The number of nitrogens with one attached hydrogen (secondary N) is 4. The fraction of sp³-hybridized carbons (Fsp3) is 0.540. The van der Waals surface area contributed by atoms with E-state index in [1.807, 2.05) is 37.5 Å². The predicted molar refractivity (Wildman–Crippen MR) is 253 cm³/mol. The van der Waals surface area contributed by atoms with Crippen LogP contribution >= 0.6 is 0 Å². The molecule has 4 aliphatic heterocycles. The zero-order valence-corrected chi connectivity index (χ0v) is 39.4. The van der Waals surface area contributed by atoms with Crippen LogP contribution in [0.3, 0.4) is 0 Å². The maximum Gasteiger partial charge on any atom is 0.407 e. The van der Waals surface area contributed by atoms with E-state index >= 15 is 0 Å². The van der Waals surface area contributed by atoms with E-state index in [0.717, 1.165) is 78.0 Å². The van der Waals surface area contributed by atoms with Crippen molar-refractivity contribution in [2.45, 2.75) is 135 Å². The zero-order valence-electron chi connectivity index (χ0n) is 39.4. The second-order valence-electron chi connectivity index (χ2n) is 19.8. The van der Waals surface area contributed by atoms with Crippen molar-refractivity contribution in [1.82, 2.24) is 30.4 Å². The average molecular weight is 890 g/mol. The number of H-pyrrole nitrogens is 1. The quantitative estimate of drug-likeness (QED) is 0.115. The number of rotatable bonds is 11. The van der Waals surface area contributed by atoms with Gasteiger partial charge in [0.1, 0.15) is 30.2 Å². The van der Waals surface area contributed by atoms with Crippen LogP contribution in [0.15, 0.2) is 66.7 Å². The first kappa shape index (κ1) is 45.6. The van der Waals surface area contributed by atoms with Crippen LogP contribution in [0.25, 0.3) is 11.0 Å². The summed E-state index contributed by atoms with van der Waals surface area (Å²) in [6, 6.07) is 22.1. The Morgan fingerprint density at radius 2 is 1.37 bits per heavy atom. The summed E-state index contributed by atoms with van der Waals surface area (Å²) in [5, 5.41) is 9.45. The molecule has 4 amide bonds. The average Bonchev–Trinajstić information content (AvgIpc) is 4.14. The first-order valence-electron chi connectivity index (χ1n) is 23.4. The van der Waals surface area contributed by atoms with Crippen LogP contribution in [0.1, 0.15) is 116 Å². The van der Waals surface area contributed by atoms with Crippen LogP contribution in [-0.4, -0.2) is 102 Å². The van der Waals surface area contributed by atoms with Gasteiger partial charge in [0, 0.05) is 18.8 Å². The van der Waals surface area contributed by atoms with Crippen LogP contribution in [0, 0.1) is 11.8 Å². The SMILES string of the molecule is COC(=O)N[C@H](C(=O)N1CCC[C@H]1c1nc2ccc([C@H]3CC[C@@H](N4c5ccccc5NC4[C@@H]4CCCN4C(=O)[C@@H](NC(=O)OC)C(C)C)N3c3ccc(C(C)(C)C)cc3)cc2[nH]1)C(C)C. The fourth-order valence-electron chi connectivity index (χ4n) is 10.6. The molecule has 1 aromatic heterocycles. The van der Waals surface area contributed by atoms with Gasteiger partial charge in [0.15, 0.2) is 0 Å². The van der Waals surface area contributed by atoms with Crippen molar-refractivity contribution in [3.05, 3.63) is 83.7 Å². The number of anilines is 3. The third kappa shape index (κ3) is 8.90. The molecule has 4 aromatic rings. The van der Waals surface area contributed by atoms with E-state index in [-0.39, 0.29) is 59.5 Å². The molecule has 0 spiro atoms. The second-order valence-corrected chi connectivity index (χ2v) is 19.8. The van der Waals surface area contributed by atoms with Crippen molar-refractivity contribution < 1.29 is 28.7 Å². The minimum Gasteiger partial charge on any atom is -0.453 e. The van der Waals surface area contributed by atoms with Gasteiger partial charge in [-0.25, -0.2) is 14.6 Å². The van der Waals surface area contributed by atoms with Gasteiger partial charge in [0.05, 0.1) is 54.8 Å². The Labute approximate surface area is 383 Å². The van der Waals surface area contributed by atoms with Gasteiger partial charge < -0.3 is 50.0 Å². The maximum absolute atomic E-state index is 14.4. The molecule has 15 nitrogen and oxygen atoms in total. The van der Waals surface area contributed by atoms with Gasteiger partial charge >= 0.3 is 12.2 Å². The highest BCUT2D eigenvalue weighted by Crippen LogP contribution is 2.48. The molecule has 0 saturated carbocycles. The number of para-hydroxylation sites is 2. The minimum atomic E-state index is -0.718.